The van der Waals surface area contributed by atoms with E-state index in [1.807, 2.05) is 19.9 Å². The van der Waals surface area contributed by atoms with Crippen LogP contribution in [-0.2, 0) is 0 Å². The van der Waals surface area contributed by atoms with Crippen LogP contribution >= 0.6 is 0 Å². The molecule has 0 aromatic heterocycles. The van der Waals surface area contributed by atoms with Crippen molar-refractivity contribution in [3.8, 4) is 0 Å². The summed E-state index contributed by atoms with van der Waals surface area (Å²) in [5, 5.41) is 3.47. The van der Waals surface area contributed by atoms with Crippen LogP contribution in [0.25, 0.3) is 0 Å². The first-order chi connectivity index (χ1) is 6.35. The summed E-state index contributed by atoms with van der Waals surface area (Å²) in [7, 11) is 0. The molecule has 0 saturated carbocycles. The molecule has 1 atom stereocenters. The molecule has 0 radical (unpaired) electrons. The van der Waals surface area contributed by atoms with Gasteiger partial charge in [-0.25, -0.2) is 0 Å². The van der Waals surface area contributed by atoms with E-state index in [-0.39, 0.29) is 0 Å². The molecule has 0 saturated heterocycles. The van der Waals surface area contributed by atoms with Crippen molar-refractivity contribution in [1.82, 2.24) is 5.32 Å². The van der Waals surface area contributed by atoms with Crippen molar-refractivity contribution in [1.29, 1.82) is 0 Å². The first-order valence-corrected chi connectivity index (χ1v) is 5.69. The van der Waals surface area contributed by atoms with E-state index in [9.17, 15) is 0 Å². The highest BCUT2D eigenvalue weighted by Gasteiger charge is 2.02. The maximum absolute atomic E-state index is 3.73. The van der Waals surface area contributed by atoms with Crippen molar-refractivity contribution >= 4 is 0 Å². The molecule has 0 bridgehead atoms. The normalized spacial score (nSPS) is 11.4. The second-order valence-corrected chi connectivity index (χ2v) is 2.91. The molecule has 0 spiro atoms. The van der Waals surface area contributed by atoms with Gasteiger partial charge in [-0.2, -0.15) is 0 Å². The Balaban J connectivity index is 0. The second kappa shape index (κ2) is 14.2. The van der Waals surface area contributed by atoms with Crippen LogP contribution in [-0.4, -0.2) is 12.6 Å². The third-order valence-corrected chi connectivity index (χ3v) is 1.85. The quantitative estimate of drug-likeness (QED) is 0.596. The maximum Gasteiger partial charge on any atom is 0.00697 e. The van der Waals surface area contributed by atoms with E-state index in [0.29, 0.717) is 6.04 Å². The third kappa shape index (κ3) is 11.7. The van der Waals surface area contributed by atoms with E-state index in [4.69, 9.17) is 0 Å². The Morgan fingerprint density at radius 2 is 1.85 bits per heavy atom. The van der Waals surface area contributed by atoms with Crippen molar-refractivity contribution in [3.63, 3.8) is 0 Å². The Morgan fingerprint density at radius 3 is 2.23 bits per heavy atom. The van der Waals surface area contributed by atoms with Gasteiger partial charge in [-0.15, -0.1) is 6.58 Å². The number of hydrogen-bond donors (Lipinski definition) is 1. The molecule has 0 aromatic rings. The molecule has 0 aromatic carbocycles. The zero-order valence-electron chi connectivity index (χ0n) is 9.90. The van der Waals surface area contributed by atoms with E-state index in [2.05, 4.69) is 25.7 Å². The molecule has 0 aliphatic carbocycles. The summed E-state index contributed by atoms with van der Waals surface area (Å²) in [6.45, 7) is 13.2. The van der Waals surface area contributed by atoms with E-state index in [0.717, 1.165) is 13.0 Å². The lowest BCUT2D eigenvalue weighted by atomic mass is 10.1. The number of rotatable bonds is 7. The van der Waals surface area contributed by atoms with Gasteiger partial charge in [0.05, 0.1) is 0 Å². The number of allylic oxidation sites excluding steroid dienone is 1. The molecule has 0 amide bonds. The van der Waals surface area contributed by atoms with E-state index in [1.165, 1.54) is 19.3 Å². The first kappa shape index (κ1) is 15.2. The van der Waals surface area contributed by atoms with E-state index < -0.39 is 0 Å². The largest absolute Gasteiger partial charge is 0.314 e. The minimum absolute atomic E-state index is 0.711. The van der Waals surface area contributed by atoms with Gasteiger partial charge in [-0.1, -0.05) is 40.2 Å². The van der Waals surface area contributed by atoms with Crippen LogP contribution in [0.2, 0.25) is 0 Å². The van der Waals surface area contributed by atoms with Gasteiger partial charge >= 0.3 is 0 Å². The predicted molar refractivity (Wildman–Crippen MR) is 63.2 cm³/mol. The van der Waals surface area contributed by atoms with Crippen molar-refractivity contribution in [2.24, 2.45) is 0 Å². The molecule has 1 nitrogen and oxygen atoms in total. The summed E-state index contributed by atoms with van der Waals surface area (Å²) in [5.41, 5.74) is 0. The summed E-state index contributed by atoms with van der Waals surface area (Å²) >= 11 is 0. The highest BCUT2D eigenvalue weighted by molar-refractivity contribution is 4.73. The Hall–Kier alpha value is -0.300. The third-order valence-electron chi connectivity index (χ3n) is 1.85. The van der Waals surface area contributed by atoms with Crippen LogP contribution in [0, 0.1) is 0 Å². The van der Waals surface area contributed by atoms with Gasteiger partial charge in [0.15, 0.2) is 0 Å². The van der Waals surface area contributed by atoms with Crippen molar-refractivity contribution in [2.45, 2.75) is 59.4 Å². The molecule has 1 N–H and O–H groups in total. The smallest absolute Gasteiger partial charge is 0.00697 e. The Kier molecular flexibility index (Phi) is 16.6. The first-order valence-electron chi connectivity index (χ1n) is 5.69. The Bertz CT molecular complexity index is 83.1. The average Bonchev–Trinajstić information content (AvgIpc) is 2.18. The summed E-state index contributed by atoms with van der Waals surface area (Å²) in [6.07, 6.45) is 6.94. The van der Waals surface area contributed by atoms with E-state index in [1.54, 1.807) is 0 Å². The monoisotopic (exact) mass is 185 g/mol. The molecular weight excluding hydrogens is 158 g/mol. The topological polar surface area (TPSA) is 12.0 Å². The molecule has 13 heavy (non-hydrogen) atoms. The molecule has 0 fully saturated rings. The SMILES string of the molecule is C=CCCC(CCC)NCC.CC. The highest BCUT2D eigenvalue weighted by atomic mass is 14.9. The number of hydrogen-bond acceptors (Lipinski definition) is 1. The zero-order valence-corrected chi connectivity index (χ0v) is 9.90. The molecular formula is C12H27N. The minimum Gasteiger partial charge on any atom is -0.314 e. The van der Waals surface area contributed by atoms with Crippen LogP contribution in [0.3, 0.4) is 0 Å². The summed E-state index contributed by atoms with van der Waals surface area (Å²) in [4.78, 5) is 0. The van der Waals surface area contributed by atoms with Crippen molar-refractivity contribution in [3.05, 3.63) is 12.7 Å². The molecule has 80 valence electrons. The standard InChI is InChI=1S/C10H21N.C2H6/c1-4-7-9-10(8-5-2)11-6-3;1-2/h4,10-11H,1,5-9H2,2-3H3;1-2H3. The summed E-state index contributed by atoms with van der Waals surface area (Å²) in [6, 6.07) is 0.711. The molecule has 0 aliphatic rings. The molecule has 1 heteroatoms. The van der Waals surface area contributed by atoms with Gasteiger partial charge in [-0.3, -0.25) is 0 Å². The summed E-state index contributed by atoms with van der Waals surface area (Å²) in [5.74, 6) is 0. The van der Waals surface area contributed by atoms with Gasteiger partial charge in [0, 0.05) is 6.04 Å². The molecule has 0 heterocycles. The Morgan fingerprint density at radius 1 is 1.23 bits per heavy atom. The Labute approximate surface area is 84.6 Å². The van der Waals surface area contributed by atoms with Gasteiger partial charge in [0.2, 0.25) is 0 Å². The lowest BCUT2D eigenvalue weighted by molar-refractivity contribution is 0.463. The van der Waals surface area contributed by atoms with Crippen LogP contribution < -0.4 is 5.32 Å². The van der Waals surface area contributed by atoms with Crippen molar-refractivity contribution in [2.75, 3.05) is 6.54 Å². The summed E-state index contributed by atoms with van der Waals surface area (Å²) < 4.78 is 0. The van der Waals surface area contributed by atoms with Crippen LogP contribution in [0.15, 0.2) is 12.7 Å². The van der Waals surface area contributed by atoms with Gasteiger partial charge < -0.3 is 5.32 Å². The van der Waals surface area contributed by atoms with Gasteiger partial charge in [-0.05, 0) is 25.8 Å². The minimum atomic E-state index is 0.711. The van der Waals surface area contributed by atoms with Gasteiger partial charge in [0.25, 0.3) is 0 Å². The van der Waals surface area contributed by atoms with Crippen LogP contribution in [0.5, 0.6) is 0 Å². The second-order valence-electron chi connectivity index (χ2n) is 2.91. The highest BCUT2D eigenvalue weighted by Crippen LogP contribution is 2.04. The fraction of sp³-hybridized carbons (Fsp3) is 0.833. The fourth-order valence-corrected chi connectivity index (χ4v) is 1.30. The molecule has 0 rings (SSSR count). The molecule has 0 aliphatic heterocycles. The van der Waals surface area contributed by atoms with Crippen LogP contribution in [0.4, 0.5) is 0 Å². The van der Waals surface area contributed by atoms with E-state index >= 15 is 0 Å². The molecule has 1 unspecified atom stereocenters. The van der Waals surface area contributed by atoms with Crippen LogP contribution in [0.1, 0.15) is 53.4 Å². The lowest BCUT2D eigenvalue weighted by Gasteiger charge is -2.15. The lowest BCUT2D eigenvalue weighted by Crippen LogP contribution is -2.28. The fourth-order valence-electron chi connectivity index (χ4n) is 1.30. The zero-order chi connectivity index (χ0) is 10.5. The number of nitrogens with one attached hydrogen (secondary N) is 1. The maximum atomic E-state index is 3.73. The predicted octanol–water partition coefficient (Wildman–Crippen LogP) is 3.76. The average molecular weight is 185 g/mol. The van der Waals surface area contributed by atoms with Gasteiger partial charge in [0.1, 0.15) is 0 Å². The van der Waals surface area contributed by atoms with Crippen molar-refractivity contribution < 1.29 is 0 Å².